The summed E-state index contributed by atoms with van der Waals surface area (Å²) in [7, 11) is 0. The summed E-state index contributed by atoms with van der Waals surface area (Å²) in [6.07, 6.45) is 2.85. The average Bonchev–Trinajstić information content (AvgIpc) is 3.09. The summed E-state index contributed by atoms with van der Waals surface area (Å²) in [5.74, 6) is 0.189. The molecule has 1 aliphatic heterocycles. The fraction of sp³-hybridized carbons (Fsp3) is 0.364. The lowest BCUT2D eigenvalue weighted by atomic mass is 10.1. The Morgan fingerprint density at radius 3 is 2.63 bits per heavy atom. The summed E-state index contributed by atoms with van der Waals surface area (Å²) in [4.78, 5) is 24.0. The van der Waals surface area contributed by atoms with Crippen molar-refractivity contribution in [3.8, 4) is 0 Å². The van der Waals surface area contributed by atoms with Gasteiger partial charge in [-0.1, -0.05) is 31.2 Å². The van der Waals surface area contributed by atoms with E-state index in [9.17, 15) is 4.79 Å². The number of hydrogen-bond acceptors (Lipinski definition) is 4. The summed E-state index contributed by atoms with van der Waals surface area (Å²) >= 11 is 1.63. The van der Waals surface area contributed by atoms with E-state index in [-0.39, 0.29) is 5.91 Å². The number of rotatable bonds is 4. The monoisotopic (exact) mass is 379 g/mol. The molecule has 0 atom stereocenters. The summed E-state index contributed by atoms with van der Waals surface area (Å²) in [5, 5.41) is 1.18. The fourth-order valence-corrected chi connectivity index (χ4v) is 4.86. The van der Waals surface area contributed by atoms with E-state index in [1.54, 1.807) is 11.3 Å². The summed E-state index contributed by atoms with van der Waals surface area (Å²) < 4.78 is 0. The van der Waals surface area contributed by atoms with Crippen LogP contribution in [-0.2, 0) is 13.0 Å². The molecule has 5 heteroatoms. The maximum atomic E-state index is 12.8. The van der Waals surface area contributed by atoms with Crippen molar-refractivity contribution < 1.29 is 4.79 Å². The Morgan fingerprint density at radius 2 is 1.89 bits per heavy atom. The first-order valence-electron chi connectivity index (χ1n) is 9.59. The molecule has 0 unspecified atom stereocenters. The summed E-state index contributed by atoms with van der Waals surface area (Å²) in [6, 6.07) is 12.5. The van der Waals surface area contributed by atoms with Crippen molar-refractivity contribution in [2.24, 2.45) is 0 Å². The quantitative estimate of drug-likeness (QED) is 0.684. The molecule has 1 fully saturated rings. The highest BCUT2D eigenvalue weighted by Gasteiger charge is 2.24. The normalized spacial score (nSPS) is 15.4. The molecule has 0 bridgehead atoms. The molecule has 3 aromatic rings. The van der Waals surface area contributed by atoms with Crippen molar-refractivity contribution in [3.63, 3.8) is 0 Å². The molecule has 0 aliphatic carbocycles. The minimum absolute atomic E-state index is 0.189. The first-order valence-corrected chi connectivity index (χ1v) is 10.4. The van der Waals surface area contributed by atoms with Crippen molar-refractivity contribution in [1.29, 1.82) is 0 Å². The third kappa shape index (κ3) is 3.75. The molecule has 4 rings (SSSR count). The molecule has 0 saturated carbocycles. The van der Waals surface area contributed by atoms with Crippen molar-refractivity contribution in [2.75, 3.05) is 26.2 Å². The number of benzene rings is 1. The molecule has 0 radical (unpaired) electrons. The number of para-hydroxylation sites is 1. The third-order valence-corrected chi connectivity index (χ3v) is 6.46. The van der Waals surface area contributed by atoms with Gasteiger partial charge in [-0.3, -0.25) is 14.7 Å². The smallest absolute Gasteiger partial charge is 0.264 e. The molecule has 1 amide bonds. The molecule has 140 valence electrons. The Morgan fingerprint density at radius 1 is 1.11 bits per heavy atom. The number of hydrogen-bond donors (Lipinski definition) is 0. The van der Waals surface area contributed by atoms with Crippen LogP contribution < -0.4 is 0 Å². The van der Waals surface area contributed by atoms with E-state index in [0.29, 0.717) is 0 Å². The Bertz CT molecular complexity index is 952. The van der Waals surface area contributed by atoms with Crippen LogP contribution in [0.2, 0.25) is 0 Å². The SMILES string of the molecule is CCc1cc(C(=O)N2CCN(Cc3cccc4cccnc34)CC2)sc1C. The van der Waals surface area contributed by atoms with Gasteiger partial charge in [-0.25, -0.2) is 0 Å². The Hall–Kier alpha value is -2.24. The van der Waals surface area contributed by atoms with Gasteiger partial charge in [0, 0.05) is 49.2 Å². The van der Waals surface area contributed by atoms with Gasteiger partial charge < -0.3 is 4.90 Å². The Labute approximate surface area is 164 Å². The molecule has 1 saturated heterocycles. The van der Waals surface area contributed by atoms with Gasteiger partial charge >= 0.3 is 0 Å². The molecule has 1 aliphatic rings. The van der Waals surface area contributed by atoms with Crippen LogP contribution in [0.5, 0.6) is 0 Å². The Kier molecular flexibility index (Phi) is 5.23. The average molecular weight is 380 g/mol. The highest BCUT2D eigenvalue weighted by Crippen LogP contribution is 2.24. The first-order chi connectivity index (χ1) is 13.2. The van der Waals surface area contributed by atoms with E-state index in [1.165, 1.54) is 21.4 Å². The lowest BCUT2D eigenvalue weighted by Gasteiger charge is -2.34. The maximum Gasteiger partial charge on any atom is 0.264 e. The zero-order valence-corrected chi connectivity index (χ0v) is 16.8. The third-order valence-electron chi connectivity index (χ3n) is 5.38. The van der Waals surface area contributed by atoms with Crippen molar-refractivity contribution in [3.05, 3.63) is 63.5 Å². The van der Waals surface area contributed by atoms with Gasteiger partial charge in [0.2, 0.25) is 0 Å². The van der Waals surface area contributed by atoms with E-state index in [1.807, 2.05) is 17.2 Å². The molecular weight excluding hydrogens is 354 g/mol. The minimum Gasteiger partial charge on any atom is -0.335 e. The summed E-state index contributed by atoms with van der Waals surface area (Å²) in [6.45, 7) is 8.51. The number of carbonyl (C=O) groups excluding carboxylic acids is 1. The van der Waals surface area contributed by atoms with Gasteiger partial charge in [0.1, 0.15) is 0 Å². The zero-order chi connectivity index (χ0) is 18.8. The van der Waals surface area contributed by atoms with E-state index in [2.05, 4.69) is 54.1 Å². The standard InChI is InChI=1S/C22H25N3OS/c1-3-17-14-20(27-16(17)2)22(26)25-12-10-24(11-13-25)15-19-7-4-6-18-8-5-9-23-21(18)19/h4-9,14H,3,10-13,15H2,1-2H3. The number of carbonyl (C=O) groups is 1. The highest BCUT2D eigenvalue weighted by atomic mass is 32.1. The van der Waals surface area contributed by atoms with Crippen LogP contribution in [0.4, 0.5) is 0 Å². The lowest BCUT2D eigenvalue weighted by molar-refractivity contribution is 0.0633. The van der Waals surface area contributed by atoms with E-state index in [4.69, 9.17) is 0 Å². The number of pyridine rings is 1. The predicted molar refractivity (Wildman–Crippen MR) is 111 cm³/mol. The number of nitrogens with zero attached hydrogens (tertiary/aromatic N) is 3. The van der Waals surface area contributed by atoms with Gasteiger partial charge in [0.25, 0.3) is 5.91 Å². The second-order valence-electron chi connectivity index (χ2n) is 7.11. The molecular formula is C22H25N3OS. The first kappa shape index (κ1) is 18.1. The minimum atomic E-state index is 0.189. The van der Waals surface area contributed by atoms with Gasteiger partial charge in [-0.05, 0) is 36.6 Å². The number of piperazine rings is 1. The van der Waals surface area contributed by atoms with Crippen molar-refractivity contribution in [2.45, 2.75) is 26.8 Å². The maximum absolute atomic E-state index is 12.8. The lowest BCUT2D eigenvalue weighted by Crippen LogP contribution is -2.48. The molecule has 4 nitrogen and oxygen atoms in total. The number of fused-ring (bicyclic) bond motifs is 1. The van der Waals surface area contributed by atoms with E-state index < -0.39 is 0 Å². The van der Waals surface area contributed by atoms with Gasteiger partial charge in [-0.2, -0.15) is 0 Å². The topological polar surface area (TPSA) is 36.4 Å². The summed E-state index contributed by atoms with van der Waals surface area (Å²) in [5.41, 5.74) is 3.64. The number of aromatic nitrogens is 1. The van der Waals surface area contributed by atoms with Crippen LogP contribution in [0.15, 0.2) is 42.6 Å². The van der Waals surface area contributed by atoms with Gasteiger partial charge in [0.05, 0.1) is 10.4 Å². The number of amides is 1. The van der Waals surface area contributed by atoms with Crippen LogP contribution in [0, 0.1) is 6.92 Å². The molecule has 3 heterocycles. The van der Waals surface area contributed by atoms with Crippen LogP contribution in [0.25, 0.3) is 10.9 Å². The highest BCUT2D eigenvalue weighted by molar-refractivity contribution is 7.14. The second-order valence-corrected chi connectivity index (χ2v) is 8.36. The zero-order valence-electron chi connectivity index (χ0n) is 15.9. The fourth-order valence-electron chi connectivity index (χ4n) is 3.78. The number of aryl methyl sites for hydroxylation is 2. The van der Waals surface area contributed by atoms with Crippen LogP contribution in [0.1, 0.15) is 32.6 Å². The van der Waals surface area contributed by atoms with Crippen molar-refractivity contribution >= 4 is 28.1 Å². The predicted octanol–water partition coefficient (Wildman–Crippen LogP) is 4.13. The van der Waals surface area contributed by atoms with Crippen LogP contribution in [-0.4, -0.2) is 46.9 Å². The largest absolute Gasteiger partial charge is 0.335 e. The molecule has 0 spiro atoms. The molecule has 27 heavy (non-hydrogen) atoms. The van der Waals surface area contributed by atoms with Gasteiger partial charge in [-0.15, -0.1) is 11.3 Å². The van der Waals surface area contributed by atoms with Crippen LogP contribution in [0.3, 0.4) is 0 Å². The molecule has 1 aromatic carbocycles. The van der Waals surface area contributed by atoms with Crippen LogP contribution >= 0.6 is 11.3 Å². The molecule has 2 aromatic heterocycles. The van der Waals surface area contributed by atoms with E-state index >= 15 is 0 Å². The van der Waals surface area contributed by atoms with Crippen molar-refractivity contribution in [1.82, 2.24) is 14.8 Å². The number of thiophene rings is 1. The van der Waals surface area contributed by atoms with E-state index in [0.717, 1.165) is 49.5 Å². The Balaban J connectivity index is 1.40. The molecule has 0 N–H and O–H groups in total. The second kappa shape index (κ2) is 7.79. The van der Waals surface area contributed by atoms with Gasteiger partial charge in [0.15, 0.2) is 0 Å².